The van der Waals surface area contributed by atoms with Crippen LogP contribution in [-0.2, 0) is 24.0 Å². The Morgan fingerprint density at radius 2 is 1.79 bits per heavy atom. The minimum Gasteiger partial charge on any atom is -0.377 e. The van der Waals surface area contributed by atoms with Gasteiger partial charge in [0.1, 0.15) is 0 Å². The number of benzene rings is 1. The van der Waals surface area contributed by atoms with Crippen LogP contribution in [0.4, 0.5) is 0 Å². The molecule has 1 aliphatic rings. The summed E-state index contributed by atoms with van der Waals surface area (Å²) in [7, 11) is 0. The summed E-state index contributed by atoms with van der Waals surface area (Å²) < 4.78 is 5.88. The molecule has 1 saturated heterocycles. The van der Waals surface area contributed by atoms with Crippen LogP contribution >= 0.6 is 15.9 Å². The van der Waals surface area contributed by atoms with E-state index in [1.807, 2.05) is 0 Å². The molecule has 1 heterocycles. The lowest BCUT2D eigenvalue weighted by atomic mass is 9.90. The maximum Gasteiger partial charge on any atom is 0.0742 e. The SMILES string of the molecule is CCc1cc(CC)c(C(Br)C2CCCO2)c(CC)c1. The third-order valence-corrected chi connectivity index (χ3v) is 5.20. The van der Waals surface area contributed by atoms with E-state index in [9.17, 15) is 0 Å². The Kier molecular flexibility index (Phi) is 5.47. The Morgan fingerprint density at radius 1 is 1.16 bits per heavy atom. The molecule has 2 rings (SSSR count). The van der Waals surface area contributed by atoms with Crippen LogP contribution in [0.2, 0.25) is 0 Å². The summed E-state index contributed by atoms with van der Waals surface area (Å²) in [4.78, 5) is 0.353. The van der Waals surface area contributed by atoms with Crippen molar-refractivity contribution in [3.8, 4) is 0 Å². The summed E-state index contributed by atoms with van der Waals surface area (Å²) in [6, 6.07) is 4.77. The Balaban J connectivity index is 2.40. The third-order valence-electron chi connectivity index (χ3n) is 4.15. The van der Waals surface area contributed by atoms with Crippen LogP contribution in [0.5, 0.6) is 0 Å². The number of ether oxygens (including phenoxy) is 1. The first kappa shape index (κ1) is 15.1. The van der Waals surface area contributed by atoms with Crippen molar-refractivity contribution in [3.63, 3.8) is 0 Å². The molecule has 0 aromatic heterocycles. The molecule has 2 heteroatoms. The van der Waals surface area contributed by atoms with Gasteiger partial charge in [-0.1, -0.05) is 48.8 Å². The average molecular weight is 325 g/mol. The van der Waals surface area contributed by atoms with E-state index >= 15 is 0 Å². The molecule has 0 N–H and O–H groups in total. The van der Waals surface area contributed by atoms with Gasteiger partial charge in [-0.2, -0.15) is 0 Å². The minimum atomic E-state index is 0.350. The second-order valence-corrected chi connectivity index (χ2v) is 6.33. The number of aryl methyl sites for hydroxylation is 3. The van der Waals surface area contributed by atoms with Gasteiger partial charge in [0, 0.05) is 6.61 Å². The van der Waals surface area contributed by atoms with E-state index in [1.165, 1.54) is 35.1 Å². The highest BCUT2D eigenvalue weighted by molar-refractivity contribution is 9.09. The monoisotopic (exact) mass is 324 g/mol. The van der Waals surface area contributed by atoms with Crippen molar-refractivity contribution in [1.82, 2.24) is 0 Å². The van der Waals surface area contributed by atoms with Crippen LogP contribution in [0, 0.1) is 0 Å². The quantitative estimate of drug-likeness (QED) is 0.693. The van der Waals surface area contributed by atoms with Crippen molar-refractivity contribution < 1.29 is 4.74 Å². The topological polar surface area (TPSA) is 9.23 Å². The fourth-order valence-corrected chi connectivity index (χ4v) is 4.02. The predicted octanol–water partition coefficient (Wildman–Crippen LogP) is 4.99. The predicted molar refractivity (Wildman–Crippen MR) is 85.2 cm³/mol. The van der Waals surface area contributed by atoms with Crippen molar-refractivity contribution in [2.75, 3.05) is 6.61 Å². The van der Waals surface area contributed by atoms with Gasteiger partial charge in [-0.3, -0.25) is 0 Å². The Hall–Kier alpha value is -0.340. The van der Waals surface area contributed by atoms with Gasteiger partial charge < -0.3 is 4.74 Å². The van der Waals surface area contributed by atoms with Crippen LogP contribution in [0.3, 0.4) is 0 Å². The third kappa shape index (κ3) is 3.22. The molecular weight excluding hydrogens is 300 g/mol. The van der Waals surface area contributed by atoms with Crippen LogP contribution in [-0.4, -0.2) is 12.7 Å². The molecule has 1 aromatic carbocycles. The standard InChI is InChI=1S/C17H25BrO/c1-4-12-10-13(5-2)16(14(6-3)11-12)17(18)15-8-7-9-19-15/h10-11,15,17H,4-9H2,1-3H3. The maximum absolute atomic E-state index is 5.88. The zero-order valence-electron chi connectivity index (χ0n) is 12.3. The van der Waals surface area contributed by atoms with Gasteiger partial charge in [0.15, 0.2) is 0 Å². The molecule has 1 aliphatic heterocycles. The van der Waals surface area contributed by atoms with Gasteiger partial charge in [-0.25, -0.2) is 0 Å². The largest absolute Gasteiger partial charge is 0.377 e. The molecule has 1 fully saturated rings. The van der Waals surface area contributed by atoms with Gasteiger partial charge in [0.2, 0.25) is 0 Å². The Labute approximate surface area is 125 Å². The molecule has 2 atom stereocenters. The van der Waals surface area contributed by atoms with Crippen molar-refractivity contribution in [2.45, 2.75) is 63.8 Å². The molecule has 0 aliphatic carbocycles. The summed E-state index contributed by atoms with van der Waals surface area (Å²) in [5, 5.41) is 0. The van der Waals surface area contributed by atoms with E-state index in [2.05, 4.69) is 48.8 Å². The molecule has 0 saturated carbocycles. The molecule has 1 nitrogen and oxygen atoms in total. The smallest absolute Gasteiger partial charge is 0.0742 e. The van der Waals surface area contributed by atoms with E-state index < -0.39 is 0 Å². The number of hydrogen-bond acceptors (Lipinski definition) is 1. The Morgan fingerprint density at radius 3 is 2.21 bits per heavy atom. The van der Waals surface area contributed by atoms with Crippen molar-refractivity contribution >= 4 is 15.9 Å². The summed E-state index contributed by atoms with van der Waals surface area (Å²) in [6.07, 6.45) is 6.05. The maximum atomic E-state index is 5.88. The van der Waals surface area contributed by atoms with E-state index in [4.69, 9.17) is 4.74 Å². The summed E-state index contributed by atoms with van der Waals surface area (Å²) >= 11 is 3.92. The first-order chi connectivity index (χ1) is 9.21. The molecule has 19 heavy (non-hydrogen) atoms. The normalized spacial score (nSPS) is 20.7. The van der Waals surface area contributed by atoms with Crippen LogP contribution < -0.4 is 0 Å². The zero-order valence-corrected chi connectivity index (χ0v) is 13.9. The van der Waals surface area contributed by atoms with Crippen LogP contribution in [0.15, 0.2) is 12.1 Å². The number of alkyl halides is 1. The van der Waals surface area contributed by atoms with Gasteiger partial charge in [0.25, 0.3) is 0 Å². The Bertz CT molecular complexity index is 396. The number of rotatable bonds is 5. The van der Waals surface area contributed by atoms with Crippen molar-refractivity contribution in [2.24, 2.45) is 0 Å². The summed E-state index contributed by atoms with van der Waals surface area (Å²) in [6.45, 7) is 7.67. The average Bonchev–Trinajstić information content (AvgIpc) is 2.99. The summed E-state index contributed by atoms with van der Waals surface area (Å²) in [5.74, 6) is 0. The van der Waals surface area contributed by atoms with E-state index in [0.717, 1.165) is 25.9 Å². The van der Waals surface area contributed by atoms with Crippen molar-refractivity contribution in [1.29, 1.82) is 0 Å². The first-order valence-electron chi connectivity index (χ1n) is 7.61. The van der Waals surface area contributed by atoms with E-state index in [1.54, 1.807) is 0 Å². The van der Waals surface area contributed by atoms with Crippen LogP contribution in [0.1, 0.15) is 60.7 Å². The highest BCUT2D eigenvalue weighted by Crippen LogP contribution is 2.38. The lowest BCUT2D eigenvalue weighted by Crippen LogP contribution is -2.16. The zero-order chi connectivity index (χ0) is 13.8. The number of hydrogen-bond donors (Lipinski definition) is 0. The van der Waals surface area contributed by atoms with Crippen LogP contribution in [0.25, 0.3) is 0 Å². The summed E-state index contributed by atoms with van der Waals surface area (Å²) in [5.41, 5.74) is 5.95. The molecule has 2 unspecified atom stereocenters. The molecule has 0 radical (unpaired) electrons. The fourth-order valence-electron chi connectivity index (χ4n) is 3.01. The van der Waals surface area contributed by atoms with E-state index in [0.29, 0.717) is 10.9 Å². The minimum absolute atomic E-state index is 0.350. The number of halogens is 1. The molecule has 0 bridgehead atoms. The lowest BCUT2D eigenvalue weighted by Gasteiger charge is -2.24. The molecule has 1 aromatic rings. The first-order valence-corrected chi connectivity index (χ1v) is 8.53. The second kappa shape index (κ2) is 6.90. The molecular formula is C17H25BrO. The highest BCUT2D eigenvalue weighted by atomic mass is 79.9. The molecule has 106 valence electrons. The van der Waals surface area contributed by atoms with Gasteiger partial charge in [-0.05, 0) is 54.4 Å². The van der Waals surface area contributed by atoms with Gasteiger partial charge >= 0.3 is 0 Å². The van der Waals surface area contributed by atoms with E-state index in [-0.39, 0.29) is 0 Å². The second-order valence-electron chi connectivity index (χ2n) is 5.34. The fraction of sp³-hybridized carbons (Fsp3) is 0.647. The molecule has 0 spiro atoms. The van der Waals surface area contributed by atoms with Crippen molar-refractivity contribution in [3.05, 3.63) is 34.4 Å². The van der Waals surface area contributed by atoms with Gasteiger partial charge in [-0.15, -0.1) is 0 Å². The highest BCUT2D eigenvalue weighted by Gasteiger charge is 2.28. The molecule has 0 amide bonds. The van der Waals surface area contributed by atoms with Gasteiger partial charge in [0.05, 0.1) is 10.9 Å². The lowest BCUT2D eigenvalue weighted by molar-refractivity contribution is 0.110.